The van der Waals surface area contributed by atoms with Gasteiger partial charge in [0.25, 0.3) is 0 Å². The van der Waals surface area contributed by atoms with Crippen molar-refractivity contribution in [2.75, 3.05) is 38.6 Å². The van der Waals surface area contributed by atoms with Gasteiger partial charge in [-0.3, -0.25) is 4.90 Å². The van der Waals surface area contributed by atoms with Gasteiger partial charge < -0.3 is 10.1 Å². The molecule has 2 aliphatic heterocycles. The largest absolute Gasteiger partial charge is 0.378 e. The van der Waals surface area contributed by atoms with Crippen LogP contribution >= 0.6 is 11.8 Å². The molecule has 0 radical (unpaired) electrons. The van der Waals surface area contributed by atoms with E-state index in [-0.39, 0.29) is 0 Å². The number of thioether (sulfide) groups is 1. The molecule has 21 heavy (non-hydrogen) atoms. The highest BCUT2D eigenvalue weighted by Gasteiger charge is 2.29. The Labute approximate surface area is 132 Å². The molecule has 0 amide bonds. The molecule has 1 fully saturated rings. The van der Waals surface area contributed by atoms with Crippen molar-refractivity contribution in [3.8, 4) is 0 Å². The summed E-state index contributed by atoms with van der Waals surface area (Å²) in [5.41, 5.74) is 1.55. The van der Waals surface area contributed by atoms with E-state index in [0.717, 1.165) is 32.8 Å². The third kappa shape index (κ3) is 3.81. The van der Waals surface area contributed by atoms with Gasteiger partial charge in [0.05, 0.1) is 13.2 Å². The number of hydrogen-bond acceptors (Lipinski definition) is 4. The van der Waals surface area contributed by atoms with Gasteiger partial charge in [-0.25, -0.2) is 0 Å². The fraction of sp³-hybridized carbons (Fsp3) is 0.647. The molecule has 1 saturated heterocycles. The monoisotopic (exact) mass is 306 g/mol. The average molecular weight is 306 g/mol. The van der Waals surface area contributed by atoms with E-state index in [1.54, 1.807) is 5.56 Å². The Kier molecular flexibility index (Phi) is 5.22. The molecule has 2 atom stereocenters. The fourth-order valence-electron chi connectivity index (χ4n) is 3.15. The SMILES string of the molecule is CC(C)NCC1COCCN1CC1CSc2ccccc21. The van der Waals surface area contributed by atoms with Crippen LogP contribution in [0.4, 0.5) is 0 Å². The van der Waals surface area contributed by atoms with Crippen molar-refractivity contribution in [3.63, 3.8) is 0 Å². The van der Waals surface area contributed by atoms with Crippen LogP contribution in [0.2, 0.25) is 0 Å². The van der Waals surface area contributed by atoms with E-state index in [9.17, 15) is 0 Å². The van der Waals surface area contributed by atoms with Crippen LogP contribution in [0.5, 0.6) is 0 Å². The topological polar surface area (TPSA) is 24.5 Å². The Morgan fingerprint density at radius 2 is 2.24 bits per heavy atom. The van der Waals surface area contributed by atoms with E-state index in [0.29, 0.717) is 18.0 Å². The number of morpholine rings is 1. The minimum absolute atomic E-state index is 0.513. The van der Waals surface area contributed by atoms with Crippen molar-refractivity contribution < 1.29 is 4.74 Å². The molecule has 1 aromatic rings. The van der Waals surface area contributed by atoms with Crippen LogP contribution in [0.3, 0.4) is 0 Å². The fourth-order valence-corrected chi connectivity index (χ4v) is 4.39. The van der Waals surface area contributed by atoms with Crippen LogP contribution in [0.1, 0.15) is 25.3 Å². The Hall–Kier alpha value is -0.550. The number of nitrogens with zero attached hydrogens (tertiary/aromatic N) is 1. The molecule has 0 spiro atoms. The van der Waals surface area contributed by atoms with Crippen molar-refractivity contribution in [1.29, 1.82) is 0 Å². The zero-order valence-electron chi connectivity index (χ0n) is 13.0. The summed E-state index contributed by atoms with van der Waals surface area (Å²) in [4.78, 5) is 4.11. The first kappa shape index (κ1) is 15.3. The van der Waals surface area contributed by atoms with Gasteiger partial charge in [-0.15, -0.1) is 11.8 Å². The molecule has 116 valence electrons. The maximum atomic E-state index is 5.69. The molecule has 0 aliphatic carbocycles. The predicted molar refractivity (Wildman–Crippen MR) is 89.2 cm³/mol. The molecule has 0 aromatic heterocycles. The summed E-state index contributed by atoms with van der Waals surface area (Å²) in [6, 6.07) is 9.95. The normalized spacial score (nSPS) is 26.2. The number of ether oxygens (including phenoxy) is 1. The van der Waals surface area contributed by atoms with Crippen molar-refractivity contribution >= 4 is 11.8 Å². The first-order valence-corrected chi connectivity index (χ1v) is 8.99. The van der Waals surface area contributed by atoms with E-state index in [4.69, 9.17) is 4.74 Å². The summed E-state index contributed by atoms with van der Waals surface area (Å²) < 4.78 is 5.69. The van der Waals surface area contributed by atoms with Gasteiger partial charge in [0.15, 0.2) is 0 Å². The first-order valence-electron chi connectivity index (χ1n) is 8.01. The van der Waals surface area contributed by atoms with E-state index in [2.05, 4.69) is 48.3 Å². The summed E-state index contributed by atoms with van der Waals surface area (Å²) in [6.07, 6.45) is 0. The van der Waals surface area contributed by atoms with Crippen molar-refractivity contribution in [1.82, 2.24) is 10.2 Å². The first-order chi connectivity index (χ1) is 10.2. The summed E-state index contributed by atoms with van der Waals surface area (Å²) in [7, 11) is 0. The van der Waals surface area contributed by atoms with E-state index < -0.39 is 0 Å². The zero-order valence-corrected chi connectivity index (χ0v) is 13.9. The van der Waals surface area contributed by atoms with Crippen LogP contribution in [0, 0.1) is 0 Å². The maximum Gasteiger partial charge on any atom is 0.0634 e. The van der Waals surface area contributed by atoms with Gasteiger partial charge >= 0.3 is 0 Å². The Morgan fingerprint density at radius 3 is 3.10 bits per heavy atom. The lowest BCUT2D eigenvalue weighted by atomic mass is 9.99. The van der Waals surface area contributed by atoms with Crippen molar-refractivity contribution in [2.45, 2.75) is 36.7 Å². The van der Waals surface area contributed by atoms with Gasteiger partial charge in [0, 0.05) is 48.3 Å². The number of rotatable bonds is 5. The highest BCUT2D eigenvalue weighted by molar-refractivity contribution is 7.99. The molecular weight excluding hydrogens is 280 g/mol. The average Bonchev–Trinajstić information content (AvgIpc) is 2.90. The molecule has 4 heteroatoms. The van der Waals surface area contributed by atoms with E-state index in [1.807, 2.05) is 11.8 Å². The molecule has 3 rings (SSSR count). The van der Waals surface area contributed by atoms with Gasteiger partial charge in [0.2, 0.25) is 0 Å². The van der Waals surface area contributed by atoms with E-state index in [1.165, 1.54) is 10.6 Å². The summed E-state index contributed by atoms with van der Waals surface area (Å²) in [6.45, 7) is 9.40. The van der Waals surface area contributed by atoms with Crippen LogP contribution in [0.25, 0.3) is 0 Å². The quantitative estimate of drug-likeness (QED) is 0.904. The van der Waals surface area contributed by atoms with E-state index >= 15 is 0 Å². The summed E-state index contributed by atoms with van der Waals surface area (Å²) in [5, 5.41) is 3.56. The third-order valence-electron chi connectivity index (χ3n) is 4.36. The maximum absolute atomic E-state index is 5.69. The second-order valence-electron chi connectivity index (χ2n) is 6.33. The highest BCUT2D eigenvalue weighted by atomic mass is 32.2. The smallest absolute Gasteiger partial charge is 0.0634 e. The van der Waals surface area contributed by atoms with Crippen LogP contribution in [-0.4, -0.2) is 55.6 Å². The Morgan fingerprint density at radius 1 is 1.38 bits per heavy atom. The molecule has 0 saturated carbocycles. The highest BCUT2D eigenvalue weighted by Crippen LogP contribution is 2.39. The van der Waals surface area contributed by atoms with Gasteiger partial charge in [-0.05, 0) is 11.6 Å². The number of nitrogens with one attached hydrogen (secondary N) is 1. The van der Waals surface area contributed by atoms with Crippen LogP contribution in [0.15, 0.2) is 29.2 Å². The molecular formula is C17H26N2OS. The molecule has 2 unspecified atom stereocenters. The molecule has 3 nitrogen and oxygen atoms in total. The predicted octanol–water partition coefficient (Wildman–Crippen LogP) is 2.57. The minimum atomic E-state index is 0.513. The van der Waals surface area contributed by atoms with Crippen molar-refractivity contribution in [3.05, 3.63) is 29.8 Å². The molecule has 0 bridgehead atoms. The molecule has 1 N–H and O–H groups in total. The van der Waals surface area contributed by atoms with Gasteiger partial charge in [0.1, 0.15) is 0 Å². The van der Waals surface area contributed by atoms with Crippen LogP contribution < -0.4 is 5.32 Å². The summed E-state index contributed by atoms with van der Waals surface area (Å²) >= 11 is 2.01. The number of fused-ring (bicyclic) bond motifs is 1. The second-order valence-corrected chi connectivity index (χ2v) is 7.39. The lowest BCUT2D eigenvalue weighted by Gasteiger charge is -2.37. The second kappa shape index (κ2) is 7.14. The molecule has 2 heterocycles. The van der Waals surface area contributed by atoms with Crippen molar-refractivity contribution in [2.24, 2.45) is 0 Å². The lowest BCUT2D eigenvalue weighted by Crippen LogP contribution is -2.52. The zero-order chi connectivity index (χ0) is 14.7. The Bertz CT molecular complexity index is 466. The molecule has 2 aliphatic rings. The van der Waals surface area contributed by atoms with Gasteiger partial charge in [-0.2, -0.15) is 0 Å². The standard InChI is InChI=1S/C17H26N2OS/c1-13(2)18-9-15-11-20-8-7-19(15)10-14-12-21-17-6-4-3-5-16(14)17/h3-6,13-15,18H,7-12H2,1-2H3. The Balaban J connectivity index is 1.62. The number of hydrogen-bond donors (Lipinski definition) is 1. The lowest BCUT2D eigenvalue weighted by molar-refractivity contribution is -0.00915. The minimum Gasteiger partial charge on any atom is -0.378 e. The number of benzene rings is 1. The molecule has 1 aromatic carbocycles. The third-order valence-corrected chi connectivity index (χ3v) is 5.62. The van der Waals surface area contributed by atoms with Gasteiger partial charge in [-0.1, -0.05) is 32.0 Å². The van der Waals surface area contributed by atoms with Crippen LogP contribution in [-0.2, 0) is 4.74 Å². The summed E-state index contributed by atoms with van der Waals surface area (Å²) in [5.74, 6) is 1.90.